The van der Waals surface area contributed by atoms with E-state index in [-0.39, 0.29) is 0 Å². The van der Waals surface area contributed by atoms with Crippen molar-refractivity contribution in [2.75, 3.05) is 19.0 Å². The first-order valence-electron chi connectivity index (χ1n) is 5.41. The van der Waals surface area contributed by atoms with Gasteiger partial charge in [0, 0.05) is 29.0 Å². The summed E-state index contributed by atoms with van der Waals surface area (Å²) >= 11 is 18.0. The molecule has 0 spiro atoms. The zero-order valence-electron chi connectivity index (χ0n) is 8.93. The highest BCUT2D eigenvalue weighted by Gasteiger charge is 2.22. The van der Waals surface area contributed by atoms with Gasteiger partial charge in [0.15, 0.2) is 0 Å². The van der Waals surface area contributed by atoms with Crippen LogP contribution in [0.15, 0.2) is 18.2 Å². The molecule has 0 amide bonds. The molecule has 0 bridgehead atoms. The van der Waals surface area contributed by atoms with E-state index in [0.717, 1.165) is 41.1 Å². The molecule has 0 N–H and O–H groups in total. The molecule has 2 rings (SSSR count). The SMILES string of the molecule is ClCC1CCN(Cc2cc(Cl)ccc2Cl)C1. The zero-order chi connectivity index (χ0) is 11.5. The average Bonchev–Trinajstić information content (AvgIpc) is 2.71. The molecular weight excluding hydrogens is 264 g/mol. The van der Waals surface area contributed by atoms with Gasteiger partial charge in [-0.25, -0.2) is 0 Å². The topological polar surface area (TPSA) is 3.24 Å². The first-order chi connectivity index (χ1) is 7.69. The van der Waals surface area contributed by atoms with Crippen molar-refractivity contribution < 1.29 is 0 Å². The normalized spacial score (nSPS) is 21.6. The maximum Gasteiger partial charge on any atom is 0.0452 e. The minimum atomic E-state index is 0.625. The monoisotopic (exact) mass is 277 g/mol. The van der Waals surface area contributed by atoms with E-state index in [1.54, 1.807) is 0 Å². The quantitative estimate of drug-likeness (QED) is 0.754. The number of hydrogen-bond donors (Lipinski definition) is 0. The van der Waals surface area contributed by atoms with Crippen LogP contribution in [0.4, 0.5) is 0 Å². The van der Waals surface area contributed by atoms with E-state index in [0.29, 0.717) is 5.92 Å². The summed E-state index contributed by atoms with van der Waals surface area (Å²) in [7, 11) is 0. The van der Waals surface area contributed by atoms with Crippen LogP contribution in [0, 0.1) is 5.92 Å². The van der Waals surface area contributed by atoms with E-state index < -0.39 is 0 Å². The molecule has 1 heterocycles. The highest BCUT2D eigenvalue weighted by atomic mass is 35.5. The summed E-state index contributed by atoms with van der Waals surface area (Å²) in [6, 6.07) is 5.62. The van der Waals surface area contributed by atoms with Crippen molar-refractivity contribution in [2.45, 2.75) is 13.0 Å². The average molecular weight is 279 g/mol. The lowest BCUT2D eigenvalue weighted by atomic mass is 10.2. The summed E-state index contributed by atoms with van der Waals surface area (Å²) in [4.78, 5) is 2.38. The Hall–Kier alpha value is 0.0500. The molecule has 1 nitrogen and oxygen atoms in total. The van der Waals surface area contributed by atoms with Gasteiger partial charge in [-0.3, -0.25) is 4.90 Å². The van der Waals surface area contributed by atoms with Gasteiger partial charge in [0.25, 0.3) is 0 Å². The van der Waals surface area contributed by atoms with E-state index in [1.165, 1.54) is 6.42 Å². The first-order valence-corrected chi connectivity index (χ1v) is 6.70. The highest BCUT2D eigenvalue weighted by molar-refractivity contribution is 6.33. The van der Waals surface area contributed by atoms with Crippen LogP contribution >= 0.6 is 34.8 Å². The Morgan fingerprint density at radius 3 is 2.81 bits per heavy atom. The van der Waals surface area contributed by atoms with Crippen LogP contribution in [0.5, 0.6) is 0 Å². The van der Waals surface area contributed by atoms with Crippen LogP contribution in [-0.2, 0) is 6.54 Å². The molecule has 1 aliphatic rings. The van der Waals surface area contributed by atoms with Gasteiger partial charge in [0.2, 0.25) is 0 Å². The Balaban J connectivity index is 2.01. The predicted molar refractivity (Wildman–Crippen MR) is 70.6 cm³/mol. The van der Waals surface area contributed by atoms with Gasteiger partial charge in [-0.1, -0.05) is 23.2 Å². The number of likely N-dealkylation sites (tertiary alicyclic amines) is 1. The molecule has 4 heteroatoms. The Morgan fingerprint density at radius 1 is 1.31 bits per heavy atom. The lowest BCUT2D eigenvalue weighted by molar-refractivity contribution is 0.321. The molecule has 1 aliphatic heterocycles. The van der Waals surface area contributed by atoms with Crippen molar-refractivity contribution in [2.24, 2.45) is 5.92 Å². The Kier molecular flexibility index (Phi) is 4.37. The van der Waals surface area contributed by atoms with Crippen molar-refractivity contribution in [3.05, 3.63) is 33.8 Å². The van der Waals surface area contributed by atoms with Crippen LogP contribution in [0.25, 0.3) is 0 Å². The van der Waals surface area contributed by atoms with Crippen molar-refractivity contribution in [3.8, 4) is 0 Å². The summed E-state index contributed by atoms with van der Waals surface area (Å²) in [5.41, 5.74) is 1.10. The summed E-state index contributed by atoms with van der Waals surface area (Å²) in [6.45, 7) is 3.03. The number of nitrogens with zero attached hydrogens (tertiary/aromatic N) is 1. The molecule has 0 aromatic heterocycles. The summed E-state index contributed by atoms with van der Waals surface area (Å²) in [5, 5.41) is 1.53. The lowest BCUT2D eigenvalue weighted by Gasteiger charge is -2.16. The van der Waals surface area contributed by atoms with Crippen LogP contribution in [0.3, 0.4) is 0 Å². The number of rotatable bonds is 3. The van der Waals surface area contributed by atoms with Crippen molar-refractivity contribution in [3.63, 3.8) is 0 Å². The summed E-state index contributed by atoms with van der Waals surface area (Å²) in [5.74, 6) is 1.37. The molecule has 1 fully saturated rings. The van der Waals surface area contributed by atoms with E-state index in [9.17, 15) is 0 Å². The number of halogens is 3. The minimum Gasteiger partial charge on any atom is -0.299 e. The zero-order valence-corrected chi connectivity index (χ0v) is 11.2. The Bertz CT molecular complexity index is 367. The molecule has 1 saturated heterocycles. The smallest absolute Gasteiger partial charge is 0.0452 e. The number of benzene rings is 1. The van der Waals surface area contributed by atoms with Gasteiger partial charge in [0.05, 0.1) is 0 Å². The highest BCUT2D eigenvalue weighted by Crippen LogP contribution is 2.25. The maximum absolute atomic E-state index is 6.13. The summed E-state index contributed by atoms with van der Waals surface area (Å²) in [6.07, 6.45) is 1.18. The van der Waals surface area contributed by atoms with Crippen LogP contribution < -0.4 is 0 Å². The second-order valence-electron chi connectivity index (χ2n) is 4.28. The molecule has 0 radical (unpaired) electrons. The van der Waals surface area contributed by atoms with Gasteiger partial charge < -0.3 is 0 Å². The lowest BCUT2D eigenvalue weighted by Crippen LogP contribution is -2.20. The van der Waals surface area contributed by atoms with Gasteiger partial charge in [0.1, 0.15) is 0 Å². The predicted octanol–water partition coefficient (Wildman–Crippen LogP) is 4.05. The number of hydrogen-bond acceptors (Lipinski definition) is 1. The van der Waals surface area contributed by atoms with Gasteiger partial charge in [-0.2, -0.15) is 0 Å². The molecule has 16 heavy (non-hydrogen) atoms. The van der Waals surface area contributed by atoms with Gasteiger partial charge in [-0.15, -0.1) is 11.6 Å². The van der Waals surface area contributed by atoms with E-state index in [2.05, 4.69) is 4.90 Å². The maximum atomic E-state index is 6.13. The van der Waals surface area contributed by atoms with Gasteiger partial charge in [-0.05, 0) is 42.6 Å². The molecule has 1 unspecified atom stereocenters. The van der Waals surface area contributed by atoms with E-state index in [1.807, 2.05) is 18.2 Å². The Morgan fingerprint density at radius 2 is 2.12 bits per heavy atom. The third-order valence-corrected chi connectivity index (χ3v) is 4.03. The van der Waals surface area contributed by atoms with Crippen LogP contribution in [-0.4, -0.2) is 23.9 Å². The molecule has 0 aliphatic carbocycles. The van der Waals surface area contributed by atoms with Crippen LogP contribution in [0.1, 0.15) is 12.0 Å². The minimum absolute atomic E-state index is 0.625. The molecule has 1 aromatic carbocycles. The standard InChI is InChI=1S/C12H14Cl3N/c13-6-9-3-4-16(7-9)8-10-5-11(14)1-2-12(10)15/h1-2,5,9H,3-4,6-8H2. The van der Waals surface area contributed by atoms with Crippen molar-refractivity contribution in [1.29, 1.82) is 0 Å². The second kappa shape index (κ2) is 5.59. The molecule has 88 valence electrons. The molecule has 1 aromatic rings. The molecule has 0 saturated carbocycles. The second-order valence-corrected chi connectivity index (χ2v) is 5.43. The third kappa shape index (κ3) is 3.04. The van der Waals surface area contributed by atoms with Crippen molar-refractivity contribution >= 4 is 34.8 Å². The van der Waals surface area contributed by atoms with Gasteiger partial charge >= 0.3 is 0 Å². The van der Waals surface area contributed by atoms with E-state index >= 15 is 0 Å². The fourth-order valence-electron chi connectivity index (χ4n) is 2.09. The molecular formula is C12H14Cl3N. The number of alkyl halides is 1. The largest absolute Gasteiger partial charge is 0.299 e. The van der Waals surface area contributed by atoms with Crippen LogP contribution in [0.2, 0.25) is 10.0 Å². The summed E-state index contributed by atoms with van der Waals surface area (Å²) < 4.78 is 0. The van der Waals surface area contributed by atoms with E-state index in [4.69, 9.17) is 34.8 Å². The van der Waals surface area contributed by atoms with Crippen molar-refractivity contribution in [1.82, 2.24) is 4.90 Å². The fraction of sp³-hybridized carbons (Fsp3) is 0.500. The third-order valence-electron chi connectivity index (χ3n) is 2.99. The fourth-order valence-corrected chi connectivity index (χ4v) is 2.71. The first kappa shape index (κ1) is 12.5. The molecule has 1 atom stereocenters. The Labute approximate surface area is 111 Å².